The van der Waals surface area contributed by atoms with E-state index in [1.54, 1.807) is 24.0 Å². The lowest BCUT2D eigenvalue weighted by Gasteiger charge is -2.23. The summed E-state index contributed by atoms with van der Waals surface area (Å²) in [5, 5.41) is 12.2. The van der Waals surface area contributed by atoms with Gasteiger partial charge in [0.1, 0.15) is 5.75 Å². The maximum Gasteiger partial charge on any atom is 0.303 e. The van der Waals surface area contributed by atoms with E-state index in [9.17, 15) is 19.5 Å². The summed E-state index contributed by atoms with van der Waals surface area (Å²) in [6, 6.07) is 13.9. The van der Waals surface area contributed by atoms with Crippen LogP contribution in [0.5, 0.6) is 5.75 Å². The molecule has 0 radical (unpaired) electrons. The number of carbonyl (C=O) groups is 3. The van der Waals surface area contributed by atoms with Gasteiger partial charge in [0.05, 0.1) is 12.5 Å². The highest BCUT2D eigenvalue weighted by atomic mass is 16.5. The Hall–Kier alpha value is -3.35. The van der Waals surface area contributed by atoms with E-state index in [1.807, 2.05) is 38.1 Å². The van der Waals surface area contributed by atoms with Crippen LogP contribution in [0.1, 0.15) is 56.8 Å². The second-order valence-electron chi connectivity index (χ2n) is 7.15. The Balaban J connectivity index is 0.00000166. The van der Waals surface area contributed by atoms with E-state index in [0.717, 1.165) is 16.7 Å². The molecule has 0 aliphatic carbocycles. The summed E-state index contributed by atoms with van der Waals surface area (Å²) in [7, 11) is 0. The highest BCUT2D eigenvalue weighted by Crippen LogP contribution is 2.24. The van der Waals surface area contributed by atoms with Crippen LogP contribution in [0.4, 0.5) is 0 Å². The first-order chi connectivity index (χ1) is 14.8. The Bertz CT molecular complexity index is 885. The van der Waals surface area contributed by atoms with E-state index < -0.39 is 18.0 Å². The maximum atomic E-state index is 12.9. The number of fused-ring (bicyclic) bond motifs is 1. The quantitative estimate of drug-likeness (QED) is 0.690. The first-order valence-electron chi connectivity index (χ1n) is 10.4. The molecule has 3 rings (SSSR count). The number of rotatable bonds is 6. The predicted octanol–water partition coefficient (Wildman–Crippen LogP) is 3.46. The smallest absolute Gasteiger partial charge is 0.303 e. The van der Waals surface area contributed by atoms with Gasteiger partial charge in [0.2, 0.25) is 5.91 Å². The number of benzene rings is 2. The Kier molecular flexibility index (Phi) is 8.61. The second-order valence-corrected chi connectivity index (χ2v) is 7.15. The number of carbonyl (C=O) groups excluding carboxylic acids is 3. The molecular formula is C24H30N2O5. The highest BCUT2D eigenvalue weighted by Gasteiger charge is 2.32. The molecule has 166 valence electrons. The molecular weight excluding hydrogens is 396 g/mol. The topological polar surface area (TPSA) is 95.9 Å². The van der Waals surface area contributed by atoms with Crippen LogP contribution in [-0.2, 0) is 32.2 Å². The molecule has 0 aromatic heterocycles. The summed E-state index contributed by atoms with van der Waals surface area (Å²) >= 11 is 0. The Morgan fingerprint density at radius 2 is 1.58 bits per heavy atom. The van der Waals surface area contributed by atoms with Crippen LogP contribution in [-0.4, -0.2) is 33.9 Å². The number of phenolic OH excluding ortho intramolecular Hbond substituents is 1. The Morgan fingerprint density at radius 1 is 1.03 bits per heavy atom. The molecule has 31 heavy (non-hydrogen) atoms. The van der Waals surface area contributed by atoms with Gasteiger partial charge >= 0.3 is 5.97 Å². The van der Waals surface area contributed by atoms with Gasteiger partial charge in [0.15, 0.2) is 6.10 Å². The number of aromatic hydroxyl groups is 1. The summed E-state index contributed by atoms with van der Waals surface area (Å²) in [5.41, 5.74) is 2.90. The van der Waals surface area contributed by atoms with Crippen molar-refractivity contribution in [3.05, 3.63) is 65.2 Å². The molecule has 0 fully saturated rings. The number of nitrogens with zero attached hydrogens (tertiary/aromatic N) is 1. The van der Waals surface area contributed by atoms with Crippen molar-refractivity contribution in [1.82, 2.24) is 10.2 Å². The average molecular weight is 427 g/mol. The lowest BCUT2D eigenvalue weighted by atomic mass is 10.1. The summed E-state index contributed by atoms with van der Waals surface area (Å²) in [6.45, 7) is 7.87. The van der Waals surface area contributed by atoms with Crippen LogP contribution in [0.15, 0.2) is 48.5 Å². The minimum atomic E-state index is -1.17. The van der Waals surface area contributed by atoms with Gasteiger partial charge in [-0.25, -0.2) is 0 Å². The standard InChI is InChI=1S/C22H24N2O5.C2H6/c1-14(16-7-9-19(26)10-8-16)23-21(27)11-20(29-15(2)25)22(28)24-12-17-5-3-4-6-18(17)13-24;1-2/h3-10,14,20,26H,11-13H2,1-2H3,(H,23,27);1-2H3/t14-,20-;/m1./s1. The van der Waals surface area contributed by atoms with Crippen molar-refractivity contribution in [2.45, 2.75) is 59.4 Å². The van der Waals surface area contributed by atoms with Crippen molar-refractivity contribution in [2.24, 2.45) is 0 Å². The zero-order chi connectivity index (χ0) is 23.0. The SMILES string of the molecule is CC.CC(=O)O[C@H](CC(=O)N[C@H](C)c1ccc(O)cc1)C(=O)N1Cc2ccccc2C1. The monoisotopic (exact) mass is 426 g/mol. The van der Waals surface area contributed by atoms with Gasteiger partial charge in [-0.15, -0.1) is 0 Å². The molecule has 2 amide bonds. The number of ether oxygens (including phenoxy) is 1. The molecule has 7 heteroatoms. The lowest BCUT2D eigenvalue weighted by Crippen LogP contribution is -2.41. The van der Waals surface area contributed by atoms with Crippen molar-refractivity contribution < 1.29 is 24.2 Å². The fourth-order valence-electron chi connectivity index (χ4n) is 3.39. The van der Waals surface area contributed by atoms with Crippen LogP contribution in [0.2, 0.25) is 0 Å². The van der Waals surface area contributed by atoms with E-state index in [0.29, 0.717) is 13.1 Å². The van der Waals surface area contributed by atoms with Gasteiger partial charge in [0.25, 0.3) is 5.91 Å². The molecule has 2 atom stereocenters. The highest BCUT2D eigenvalue weighted by molar-refractivity contribution is 5.89. The van der Waals surface area contributed by atoms with E-state index in [2.05, 4.69) is 5.32 Å². The molecule has 2 aromatic carbocycles. The third-order valence-electron chi connectivity index (χ3n) is 4.88. The van der Waals surface area contributed by atoms with Crippen molar-refractivity contribution in [2.75, 3.05) is 0 Å². The number of esters is 1. The number of hydrogen-bond acceptors (Lipinski definition) is 5. The van der Waals surface area contributed by atoms with E-state index in [4.69, 9.17) is 4.74 Å². The maximum absolute atomic E-state index is 12.9. The third kappa shape index (κ3) is 6.57. The zero-order valence-corrected chi connectivity index (χ0v) is 18.4. The average Bonchev–Trinajstić information content (AvgIpc) is 3.18. The number of hydrogen-bond donors (Lipinski definition) is 2. The predicted molar refractivity (Wildman–Crippen MR) is 117 cm³/mol. The molecule has 0 spiro atoms. The summed E-state index contributed by atoms with van der Waals surface area (Å²) in [5.74, 6) is -1.26. The summed E-state index contributed by atoms with van der Waals surface area (Å²) in [4.78, 5) is 38.5. The molecule has 7 nitrogen and oxygen atoms in total. The number of nitrogens with one attached hydrogen (secondary N) is 1. The fraction of sp³-hybridized carbons (Fsp3) is 0.375. The van der Waals surface area contributed by atoms with Gasteiger partial charge in [-0.2, -0.15) is 0 Å². The molecule has 1 aliphatic heterocycles. The molecule has 1 aliphatic rings. The zero-order valence-electron chi connectivity index (χ0n) is 18.4. The van der Waals surface area contributed by atoms with E-state index in [1.165, 1.54) is 19.1 Å². The second kappa shape index (κ2) is 11.2. The van der Waals surface area contributed by atoms with Crippen molar-refractivity contribution in [3.63, 3.8) is 0 Å². The first-order valence-corrected chi connectivity index (χ1v) is 10.4. The van der Waals surface area contributed by atoms with Gasteiger partial charge in [-0.05, 0) is 35.7 Å². The van der Waals surface area contributed by atoms with E-state index in [-0.39, 0.29) is 24.1 Å². The van der Waals surface area contributed by atoms with Gasteiger partial charge < -0.3 is 20.1 Å². The lowest BCUT2D eigenvalue weighted by molar-refractivity contribution is -0.160. The number of amides is 2. The van der Waals surface area contributed by atoms with Crippen LogP contribution in [0, 0.1) is 0 Å². The van der Waals surface area contributed by atoms with Crippen LogP contribution in [0.3, 0.4) is 0 Å². The summed E-state index contributed by atoms with van der Waals surface area (Å²) < 4.78 is 5.17. The summed E-state index contributed by atoms with van der Waals surface area (Å²) in [6.07, 6.45) is -1.43. The van der Waals surface area contributed by atoms with Crippen LogP contribution >= 0.6 is 0 Å². The minimum absolute atomic E-state index is 0.138. The Labute approximate surface area is 183 Å². The van der Waals surface area contributed by atoms with Crippen molar-refractivity contribution in [3.8, 4) is 5.75 Å². The molecule has 0 unspecified atom stereocenters. The molecule has 1 heterocycles. The molecule has 0 saturated carbocycles. The molecule has 0 saturated heterocycles. The van der Waals surface area contributed by atoms with Crippen molar-refractivity contribution in [1.29, 1.82) is 0 Å². The van der Waals surface area contributed by atoms with Gasteiger partial charge in [0, 0.05) is 20.0 Å². The minimum Gasteiger partial charge on any atom is -0.508 e. The first kappa shape index (κ1) is 23.9. The molecule has 2 N–H and O–H groups in total. The Morgan fingerprint density at radius 3 is 2.10 bits per heavy atom. The van der Waals surface area contributed by atoms with Gasteiger partial charge in [-0.1, -0.05) is 50.2 Å². The molecule has 2 aromatic rings. The van der Waals surface area contributed by atoms with E-state index >= 15 is 0 Å². The normalized spacial score (nSPS) is 13.9. The fourth-order valence-corrected chi connectivity index (χ4v) is 3.39. The third-order valence-corrected chi connectivity index (χ3v) is 4.88. The van der Waals surface area contributed by atoms with Crippen molar-refractivity contribution >= 4 is 17.8 Å². The van der Waals surface area contributed by atoms with Crippen LogP contribution in [0.25, 0.3) is 0 Å². The van der Waals surface area contributed by atoms with Gasteiger partial charge in [-0.3, -0.25) is 14.4 Å². The number of phenols is 1. The van der Waals surface area contributed by atoms with Crippen LogP contribution < -0.4 is 5.32 Å². The molecule has 0 bridgehead atoms. The largest absolute Gasteiger partial charge is 0.508 e.